The molecule has 0 aromatic carbocycles. The van der Waals surface area contributed by atoms with Crippen LogP contribution in [0.25, 0.3) is 0 Å². The van der Waals surface area contributed by atoms with E-state index >= 15 is 0 Å². The third-order valence-electron chi connectivity index (χ3n) is 2.91. The normalized spacial score (nSPS) is 15.8. The number of aryl methyl sites for hydroxylation is 1. The first-order chi connectivity index (χ1) is 10.7. The molecule has 0 spiro atoms. The van der Waals surface area contributed by atoms with E-state index in [1.807, 2.05) is 0 Å². The molecule has 0 fully saturated rings. The second-order valence-corrected chi connectivity index (χ2v) is 8.63. The first-order valence-electron chi connectivity index (χ1n) is 6.12. The summed E-state index contributed by atoms with van der Waals surface area (Å²) in [6.07, 6.45) is 1.10. The fraction of sp³-hybridized carbons (Fsp3) is 0.455. The van der Waals surface area contributed by atoms with Gasteiger partial charge in [-0.15, -0.1) is 0 Å². The molecule has 0 saturated heterocycles. The molecule has 13 heteroatoms. The van der Waals surface area contributed by atoms with E-state index in [4.69, 9.17) is 0 Å². The Morgan fingerprint density at radius 3 is 2.04 bits per heavy atom. The molecule has 0 saturated carbocycles. The van der Waals surface area contributed by atoms with Crippen molar-refractivity contribution < 1.29 is 48.1 Å². The van der Waals surface area contributed by atoms with E-state index < -0.39 is 41.4 Å². The smallest absolute Gasteiger partial charge is 0.502 e. The zero-order chi connectivity index (χ0) is 19.0. The van der Waals surface area contributed by atoms with Gasteiger partial charge in [-0.2, -0.15) is 30.9 Å². The summed E-state index contributed by atoms with van der Waals surface area (Å²) in [4.78, 5) is 0. The summed E-state index contributed by atoms with van der Waals surface area (Å²) < 4.78 is 119. The molecular formula is C11H11F6NO4S2. The number of sulfone groups is 1. The lowest BCUT2D eigenvalue weighted by molar-refractivity contribution is -0.688. The van der Waals surface area contributed by atoms with Crippen LogP contribution in [0.1, 0.15) is 12.6 Å². The van der Waals surface area contributed by atoms with Crippen molar-refractivity contribution in [2.45, 2.75) is 30.9 Å². The number of aromatic nitrogens is 1. The zero-order valence-electron chi connectivity index (χ0n) is 11.9. The first-order valence-corrected chi connectivity index (χ1v) is 9.08. The Bertz CT molecular complexity index is 835. The molecule has 0 N–H and O–H groups in total. The number of pyridine rings is 1. The van der Waals surface area contributed by atoms with Gasteiger partial charge < -0.3 is 4.55 Å². The Morgan fingerprint density at radius 2 is 1.62 bits per heavy atom. The van der Waals surface area contributed by atoms with E-state index in [1.165, 1.54) is 25.1 Å². The second-order valence-electron chi connectivity index (χ2n) is 4.44. The topological polar surface area (TPSA) is 78.1 Å². The van der Waals surface area contributed by atoms with Gasteiger partial charge in [0.25, 0.3) is 9.84 Å². The van der Waals surface area contributed by atoms with Gasteiger partial charge in [-0.25, -0.2) is 8.42 Å². The molecule has 0 bridgehead atoms. The fourth-order valence-corrected chi connectivity index (χ4v) is 4.56. The van der Waals surface area contributed by atoms with Gasteiger partial charge in [0.05, 0.1) is 0 Å². The van der Waals surface area contributed by atoms with Crippen LogP contribution in [0.4, 0.5) is 26.3 Å². The number of rotatable bonds is 3. The van der Waals surface area contributed by atoms with Crippen molar-refractivity contribution in [1.29, 1.82) is 0 Å². The maximum absolute atomic E-state index is 12.6. The van der Waals surface area contributed by atoms with Crippen molar-refractivity contribution in [2.75, 3.05) is 0 Å². The van der Waals surface area contributed by atoms with Crippen LogP contribution in [0.2, 0.25) is 0 Å². The van der Waals surface area contributed by atoms with E-state index in [1.54, 1.807) is 0 Å². The van der Waals surface area contributed by atoms with Gasteiger partial charge >= 0.3 is 11.0 Å². The van der Waals surface area contributed by atoms with Crippen molar-refractivity contribution >= 4 is 23.8 Å². The highest BCUT2D eigenvalue weighted by molar-refractivity contribution is 8.22. The third kappa shape index (κ3) is 3.83. The Kier molecular flexibility index (Phi) is 5.62. The number of halogens is 6. The van der Waals surface area contributed by atoms with E-state index in [0.29, 0.717) is 4.57 Å². The largest absolute Gasteiger partial charge is 0.770 e. The van der Waals surface area contributed by atoms with Crippen LogP contribution >= 0.6 is 0 Å². The Morgan fingerprint density at radius 1 is 1.08 bits per heavy atom. The molecule has 5 nitrogen and oxygen atoms in total. The summed E-state index contributed by atoms with van der Waals surface area (Å²) in [5.41, 5.74) is -12.2. The predicted octanol–water partition coefficient (Wildman–Crippen LogP) is 1.54. The monoisotopic (exact) mass is 399 g/mol. The lowest BCUT2D eigenvalue weighted by Gasteiger charge is -2.23. The lowest BCUT2D eigenvalue weighted by atomic mass is 10.3. The molecule has 1 aromatic heterocycles. The summed E-state index contributed by atoms with van der Waals surface area (Å²) in [5, 5.41) is 0. The average molecular weight is 399 g/mol. The van der Waals surface area contributed by atoms with E-state index in [9.17, 15) is 43.5 Å². The van der Waals surface area contributed by atoms with Gasteiger partial charge in [0, 0.05) is 28.4 Å². The van der Waals surface area contributed by atoms with Crippen LogP contribution < -0.4 is 4.57 Å². The van der Waals surface area contributed by atoms with Crippen LogP contribution in [0, 0.1) is 0 Å². The van der Waals surface area contributed by atoms with Gasteiger partial charge in [0.2, 0.25) is 0 Å². The first kappa shape index (κ1) is 20.7. The molecule has 138 valence electrons. The highest BCUT2D eigenvalue weighted by Crippen LogP contribution is 2.31. The maximum Gasteiger partial charge on any atom is 0.502 e. The van der Waals surface area contributed by atoms with Crippen molar-refractivity contribution in [3.8, 4) is 0 Å². The molecule has 24 heavy (non-hydrogen) atoms. The van der Waals surface area contributed by atoms with E-state index in [2.05, 4.69) is 0 Å². The molecule has 0 amide bonds. The molecule has 1 atom stereocenters. The third-order valence-corrected chi connectivity index (χ3v) is 6.90. The molecule has 0 radical (unpaired) electrons. The van der Waals surface area contributed by atoms with Gasteiger partial charge in [-0.3, -0.25) is 4.21 Å². The molecule has 1 aromatic rings. The predicted molar refractivity (Wildman–Crippen MR) is 71.0 cm³/mol. The number of hydrogen-bond acceptors (Lipinski definition) is 4. The van der Waals surface area contributed by atoms with Crippen molar-refractivity contribution in [1.82, 2.24) is 0 Å². The molecule has 0 aliphatic rings. The summed E-state index contributed by atoms with van der Waals surface area (Å²) in [6, 6.07) is 3.92. The molecule has 1 unspecified atom stereocenters. The maximum atomic E-state index is 12.6. The minimum atomic E-state index is -6.71. The lowest BCUT2D eigenvalue weighted by Crippen LogP contribution is -2.50. The molecule has 0 aliphatic carbocycles. The van der Waals surface area contributed by atoms with Gasteiger partial charge in [0.1, 0.15) is 0 Å². The van der Waals surface area contributed by atoms with Crippen molar-refractivity contribution in [3.63, 3.8) is 0 Å². The summed E-state index contributed by atoms with van der Waals surface area (Å²) in [6.45, 7) is -0.115. The quantitative estimate of drug-likeness (QED) is 0.439. The number of hydrogen-bond donors (Lipinski definition) is 0. The Hall–Kier alpha value is -1.34. The average Bonchev–Trinajstić information content (AvgIpc) is 2.42. The van der Waals surface area contributed by atoms with Crippen LogP contribution in [-0.2, 0) is 32.6 Å². The SMILES string of the molecule is CCc1cccc[n+]1CC(S(=O)(=O)C(F)(F)F)=S(=O)([O-])C(F)(F)F. The summed E-state index contributed by atoms with van der Waals surface area (Å²) in [7, 11) is -13.4. The minimum absolute atomic E-state index is 0.117. The van der Waals surface area contributed by atoms with Gasteiger partial charge in [-0.1, -0.05) is 13.0 Å². The van der Waals surface area contributed by atoms with Gasteiger partial charge in [0.15, 0.2) is 22.6 Å². The van der Waals surface area contributed by atoms with Crippen LogP contribution in [0.5, 0.6) is 0 Å². The summed E-state index contributed by atoms with van der Waals surface area (Å²) in [5.74, 6) is 0. The number of alkyl halides is 6. The Labute approximate surface area is 133 Å². The molecular weight excluding hydrogens is 388 g/mol. The Balaban J connectivity index is 3.79. The van der Waals surface area contributed by atoms with Crippen molar-refractivity contribution in [2.24, 2.45) is 0 Å². The van der Waals surface area contributed by atoms with E-state index in [-0.39, 0.29) is 12.1 Å². The minimum Gasteiger partial charge on any atom is -0.770 e. The highest BCUT2D eigenvalue weighted by Gasteiger charge is 2.54. The van der Waals surface area contributed by atoms with Crippen LogP contribution in [-0.4, -0.2) is 32.4 Å². The molecule has 1 heterocycles. The standard InChI is InChI=1S/C11H11F6NO4S2/c1-2-8-5-3-4-6-18(8)7-9(23(19,20)10(12,13)14)24(21,22)11(15,16)17/h3-6H,2,7H2,1H3. The zero-order valence-corrected chi connectivity index (χ0v) is 13.5. The molecule has 1 rings (SSSR count). The van der Waals surface area contributed by atoms with Gasteiger partial charge in [-0.05, 0) is 0 Å². The van der Waals surface area contributed by atoms with Crippen LogP contribution in [0.15, 0.2) is 24.4 Å². The molecule has 0 aliphatic heterocycles. The number of nitrogens with zero attached hydrogens (tertiary/aromatic N) is 1. The fourth-order valence-electron chi connectivity index (χ4n) is 1.70. The highest BCUT2D eigenvalue weighted by atomic mass is 32.3. The van der Waals surface area contributed by atoms with Crippen LogP contribution in [0.3, 0.4) is 0 Å². The van der Waals surface area contributed by atoms with E-state index in [0.717, 1.165) is 6.20 Å². The van der Waals surface area contributed by atoms with Crippen molar-refractivity contribution in [3.05, 3.63) is 30.1 Å². The summed E-state index contributed by atoms with van der Waals surface area (Å²) >= 11 is 0. The second kappa shape index (κ2) is 6.52.